The monoisotopic (exact) mass is 315 g/mol. The van der Waals surface area contributed by atoms with Crippen molar-refractivity contribution in [2.24, 2.45) is 0 Å². The average Bonchev–Trinajstić information content (AvgIpc) is 2.76. The zero-order valence-corrected chi connectivity index (χ0v) is 12.9. The third-order valence-corrected chi connectivity index (χ3v) is 5.37. The van der Waals surface area contributed by atoms with E-state index in [1.165, 1.54) is 21.4 Å². The standard InChI is InChI=1S/C13H21N3O4S/c1-2-6-15-7-3-12(17)16(13(15)18)8-5-14-11-4-9-21(19,20)10-11/h3,7,11,14H,2,4-6,8-10H2,1H3. The van der Waals surface area contributed by atoms with E-state index in [4.69, 9.17) is 0 Å². The Morgan fingerprint density at radius 3 is 2.71 bits per heavy atom. The van der Waals surface area contributed by atoms with Crippen molar-refractivity contribution in [2.45, 2.75) is 38.9 Å². The van der Waals surface area contributed by atoms with Crippen molar-refractivity contribution in [1.82, 2.24) is 14.5 Å². The second kappa shape index (κ2) is 6.57. The van der Waals surface area contributed by atoms with Crippen LogP contribution in [0.15, 0.2) is 21.9 Å². The van der Waals surface area contributed by atoms with Crippen molar-refractivity contribution in [3.63, 3.8) is 0 Å². The highest BCUT2D eigenvalue weighted by Gasteiger charge is 2.27. The summed E-state index contributed by atoms with van der Waals surface area (Å²) in [5.41, 5.74) is -0.640. The summed E-state index contributed by atoms with van der Waals surface area (Å²) in [7, 11) is -2.92. The molecule has 0 spiro atoms. The lowest BCUT2D eigenvalue weighted by Gasteiger charge is -2.12. The molecule has 1 atom stereocenters. The quantitative estimate of drug-likeness (QED) is 0.742. The lowest BCUT2D eigenvalue weighted by molar-refractivity contribution is 0.486. The minimum absolute atomic E-state index is 0.0766. The molecule has 2 rings (SSSR count). The molecule has 1 fully saturated rings. The molecule has 118 valence electrons. The summed E-state index contributed by atoms with van der Waals surface area (Å²) in [6.07, 6.45) is 2.92. The number of sulfone groups is 1. The minimum Gasteiger partial charge on any atom is -0.311 e. The largest absolute Gasteiger partial charge is 0.331 e. The fourth-order valence-electron chi connectivity index (χ4n) is 2.51. The van der Waals surface area contributed by atoms with Crippen molar-refractivity contribution in [2.75, 3.05) is 18.1 Å². The Morgan fingerprint density at radius 1 is 1.33 bits per heavy atom. The molecule has 7 nitrogen and oxygen atoms in total. The summed E-state index contributed by atoms with van der Waals surface area (Å²) < 4.78 is 25.4. The maximum atomic E-state index is 12.1. The molecule has 8 heteroatoms. The first-order valence-electron chi connectivity index (χ1n) is 7.17. The first-order valence-corrected chi connectivity index (χ1v) is 8.99. The summed E-state index contributed by atoms with van der Waals surface area (Å²) in [6.45, 7) is 3.20. The van der Waals surface area contributed by atoms with Crippen molar-refractivity contribution >= 4 is 9.84 Å². The number of aromatic nitrogens is 2. The van der Waals surface area contributed by atoms with Crippen LogP contribution >= 0.6 is 0 Å². The molecule has 1 unspecified atom stereocenters. The van der Waals surface area contributed by atoms with E-state index >= 15 is 0 Å². The smallest absolute Gasteiger partial charge is 0.311 e. The summed E-state index contributed by atoms with van der Waals surface area (Å²) in [4.78, 5) is 23.9. The van der Waals surface area contributed by atoms with Crippen LogP contribution in [0.2, 0.25) is 0 Å². The van der Waals surface area contributed by atoms with Crippen LogP contribution in [0, 0.1) is 0 Å². The molecule has 0 saturated carbocycles. The van der Waals surface area contributed by atoms with Crippen molar-refractivity contribution in [3.05, 3.63) is 33.1 Å². The van der Waals surface area contributed by atoms with Gasteiger partial charge < -0.3 is 9.88 Å². The molecule has 1 saturated heterocycles. The van der Waals surface area contributed by atoms with Crippen LogP contribution < -0.4 is 16.6 Å². The van der Waals surface area contributed by atoms with Gasteiger partial charge in [-0.1, -0.05) is 6.92 Å². The molecule has 0 aliphatic carbocycles. The van der Waals surface area contributed by atoms with Crippen LogP contribution in [-0.4, -0.2) is 41.6 Å². The van der Waals surface area contributed by atoms with Crippen LogP contribution in [0.1, 0.15) is 19.8 Å². The Hall–Kier alpha value is -1.41. The van der Waals surface area contributed by atoms with E-state index in [1.807, 2.05) is 6.92 Å². The molecule has 0 amide bonds. The molecular weight excluding hydrogens is 294 g/mol. The normalized spacial score (nSPS) is 20.7. The topological polar surface area (TPSA) is 90.2 Å². The fraction of sp³-hybridized carbons (Fsp3) is 0.692. The number of nitrogens with one attached hydrogen (secondary N) is 1. The van der Waals surface area contributed by atoms with Gasteiger partial charge in [0.1, 0.15) is 0 Å². The van der Waals surface area contributed by atoms with Crippen LogP contribution in [-0.2, 0) is 22.9 Å². The predicted molar refractivity (Wildman–Crippen MR) is 80.3 cm³/mol. The summed E-state index contributed by atoms with van der Waals surface area (Å²) in [5.74, 6) is 0.343. The van der Waals surface area contributed by atoms with E-state index in [9.17, 15) is 18.0 Å². The van der Waals surface area contributed by atoms with E-state index in [-0.39, 0.29) is 35.3 Å². The summed E-state index contributed by atoms with van der Waals surface area (Å²) in [6, 6.07) is 1.31. The molecule has 1 aromatic heterocycles. The van der Waals surface area contributed by atoms with Gasteiger partial charge in [-0.15, -0.1) is 0 Å². The van der Waals surface area contributed by atoms with Gasteiger partial charge in [-0.05, 0) is 12.8 Å². The van der Waals surface area contributed by atoms with Crippen LogP contribution in [0.3, 0.4) is 0 Å². The number of hydrogen-bond acceptors (Lipinski definition) is 5. The average molecular weight is 315 g/mol. The van der Waals surface area contributed by atoms with E-state index < -0.39 is 9.84 Å². The Labute approximate surface area is 123 Å². The number of nitrogens with zero attached hydrogens (tertiary/aromatic N) is 2. The van der Waals surface area contributed by atoms with Crippen molar-refractivity contribution in [1.29, 1.82) is 0 Å². The number of hydrogen-bond donors (Lipinski definition) is 1. The maximum absolute atomic E-state index is 12.1. The van der Waals surface area contributed by atoms with Gasteiger partial charge in [0, 0.05) is 37.9 Å². The zero-order chi connectivity index (χ0) is 15.5. The minimum atomic E-state index is -2.92. The van der Waals surface area contributed by atoms with Gasteiger partial charge in [0.15, 0.2) is 9.84 Å². The van der Waals surface area contributed by atoms with Gasteiger partial charge in [-0.3, -0.25) is 9.36 Å². The lowest BCUT2D eigenvalue weighted by Crippen LogP contribution is -2.42. The van der Waals surface area contributed by atoms with Gasteiger partial charge in [0.05, 0.1) is 11.5 Å². The Morgan fingerprint density at radius 2 is 2.10 bits per heavy atom. The Balaban J connectivity index is 1.99. The number of rotatable bonds is 6. The molecule has 1 N–H and O–H groups in total. The predicted octanol–water partition coefficient (Wildman–Crippen LogP) is -0.803. The summed E-state index contributed by atoms with van der Waals surface area (Å²) in [5, 5.41) is 3.10. The highest BCUT2D eigenvalue weighted by molar-refractivity contribution is 7.91. The first-order chi connectivity index (χ1) is 9.93. The van der Waals surface area contributed by atoms with Crippen LogP contribution in [0.4, 0.5) is 0 Å². The third kappa shape index (κ3) is 4.04. The molecule has 21 heavy (non-hydrogen) atoms. The molecule has 1 aromatic rings. The van der Waals surface area contributed by atoms with Crippen molar-refractivity contribution in [3.8, 4) is 0 Å². The van der Waals surface area contributed by atoms with E-state index in [0.717, 1.165) is 6.42 Å². The van der Waals surface area contributed by atoms with Gasteiger partial charge in [-0.2, -0.15) is 0 Å². The SMILES string of the molecule is CCCn1ccc(=O)n(CCNC2CCS(=O)(=O)C2)c1=O. The second-order valence-electron chi connectivity index (χ2n) is 5.34. The second-order valence-corrected chi connectivity index (χ2v) is 7.56. The molecule has 0 aromatic carbocycles. The number of aryl methyl sites for hydroxylation is 1. The van der Waals surface area contributed by atoms with Gasteiger partial charge in [-0.25, -0.2) is 13.2 Å². The molecule has 1 aliphatic rings. The molecule has 0 radical (unpaired) electrons. The van der Waals surface area contributed by atoms with Crippen LogP contribution in [0.25, 0.3) is 0 Å². The fourth-order valence-corrected chi connectivity index (χ4v) is 4.22. The Kier molecular flexibility index (Phi) is 5.00. The first kappa shape index (κ1) is 16.0. The third-order valence-electron chi connectivity index (χ3n) is 3.61. The highest BCUT2D eigenvalue weighted by Crippen LogP contribution is 2.10. The molecule has 2 heterocycles. The zero-order valence-electron chi connectivity index (χ0n) is 12.1. The highest BCUT2D eigenvalue weighted by atomic mass is 32.2. The van der Waals surface area contributed by atoms with E-state index in [0.29, 0.717) is 19.5 Å². The van der Waals surface area contributed by atoms with Gasteiger partial charge in [0.25, 0.3) is 5.56 Å². The van der Waals surface area contributed by atoms with E-state index in [2.05, 4.69) is 5.32 Å². The lowest BCUT2D eigenvalue weighted by atomic mass is 10.2. The van der Waals surface area contributed by atoms with Crippen molar-refractivity contribution < 1.29 is 8.42 Å². The summed E-state index contributed by atoms with van der Waals surface area (Å²) >= 11 is 0. The van der Waals surface area contributed by atoms with Crippen LogP contribution in [0.5, 0.6) is 0 Å². The molecule has 1 aliphatic heterocycles. The maximum Gasteiger partial charge on any atom is 0.331 e. The van der Waals surface area contributed by atoms with Gasteiger partial charge >= 0.3 is 5.69 Å². The molecule has 0 bridgehead atoms. The van der Waals surface area contributed by atoms with Gasteiger partial charge in [0.2, 0.25) is 0 Å². The van der Waals surface area contributed by atoms with E-state index in [1.54, 1.807) is 0 Å². The molecular formula is C13H21N3O4S. The Bertz CT molecular complexity index is 705.